The van der Waals surface area contributed by atoms with Crippen LogP contribution >= 0.6 is 0 Å². The Morgan fingerprint density at radius 3 is 2.08 bits per heavy atom. The largest absolute Gasteiger partial charge is 0.497 e. The number of benzene rings is 4. The van der Waals surface area contributed by atoms with E-state index >= 15 is 0 Å². The van der Waals surface area contributed by atoms with Gasteiger partial charge < -0.3 is 24.4 Å². The summed E-state index contributed by atoms with van der Waals surface area (Å²) in [4.78, 5) is 29.8. The number of carbonyl (C=O) groups is 2. The Hall–Kier alpha value is -4.78. The second kappa shape index (κ2) is 13.3. The lowest BCUT2D eigenvalue weighted by molar-refractivity contribution is -0.139. The van der Waals surface area contributed by atoms with E-state index in [1.54, 1.807) is 49.5 Å². The van der Waals surface area contributed by atoms with E-state index in [4.69, 9.17) is 14.2 Å². The van der Waals surface area contributed by atoms with Crippen LogP contribution in [0.3, 0.4) is 0 Å². The number of hydrogen-bond acceptors (Lipinski definition) is 5. The van der Waals surface area contributed by atoms with Crippen molar-refractivity contribution >= 4 is 17.5 Å². The molecule has 0 bridgehead atoms. The molecular formula is C33H34N2O5. The number of anilines is 1. The first-order valence-corrected chi connectivity index (χ1v) is 13.0. The average Bonchev–Trinajstić information content (AvgIpc) is 2.98. The molecule has 0 saturated heterocycles. The third-order valence-electron chi connectivity index (χ3n) is 6.78. The van der Waals surface area contributed by atoms with Crippen molar-refractivity contribution < 1.29 is 23.8 Å². The van der Waals surface area contributed by atoms with Crippen LogP contribution in [-0.2, 0) is 22.6 Å². The minimum absolute atomic E-state index is 0.151. The lowest BCUT2D eigenvalue weighted by Gasteiger charge is -2.32. The molecule has 1 atom stereocenters. The van der Waals surface area contributed by atoms with Crippen molar-refractivity contribution in [1.82, 2.24) is 4.90 Å². The van der Waals surface area contributed by atoms with Crippen LogP contribution in [0.5, 0.6) is 17.2 Å². The van der Waals surface area contributed by atoms with E-state index in [2.05, 4.69) is 5.32 Å². The van der Waals surface area contributed by atoms with Gasteiger partial charge in [-0.15, -0.1) is 0 Å². The summed E-state index contributed by atoms with van der Waals surface area (Å²) < 4.78 is 16.2. The molecule has 7 heteroatoms. The second-order valence-corrected chi connectivity index (χ2v) is 9.34. The SMILES string of the molecule is COc1ccc([C@H](C(=O)Nc2ccc(OC)cc2OC)N(Cc2ccccc2C)C(=O)Cc2ccccc2)cc1. The molecule has 0 heterocycles. The summed E-state index contributed by atoms with van der Waals surface area (Å²) in [6.07, 6.45) is 0.151. The van der Waals surface area contributed by atoms with Crippen molar-refractivity contribution in [2.45, 2.75) is 25.9 Å². The Morgan fingerprint density at radius 1 is 0.775 bits per heavy atom. The molecule has 0 radical (unpaired) electrons. The minimum Gasteiger partial charge on any atom is -0.497 e. The van der Waals surface area contributed by atoms with E-state index in [1.165, 1.54) is 7.11 Å². The molecule has 0 aromatic heterocycles. The van der Waals surface area contributed by atoms with Gasteiger partial charge in [-0.2, -0.15) is 0 Å². The fraction of sp³-hybridized carbons (Fsp3) is 0.212. The number of hydrogen-bond donors (Lipinski definition) is 1. The van der Waals surface area contributed by atoms with Crippen LogP contribution < -0.4 is 19.5 Å². The van der Waals surface area contributed by atoms with Gasteiger partial charge in [-0.3, -0.25) is 9.59 Å². The quantitative estimate of drug-likeness (QED) is 0.255. The fourth-order valence-corrected chi connectivity index (χ4v) is 4.53. The number of nitrogens with zero attached hydrogens (tertiary/aromatic N) is 1. The van der Waals surface area contributed by atoms with E-state index in [1.807, 2.05) is 73.7 Å². The topological polar surface area (TPSA) is 77.1 Å². The first-order chi connectivity index (χ1) is 19.4. The standard InChI is InChI=1S/C33H34N2O5/c1-23-10-8-9-13-26(23)22-35(31(36)20-24-11-6-5-7-12-24)32(25-14-16-27(38-2)17-15-25)33(37)34-29-19-18-28(39-3)21-30(29)40-4/h5-19,21,32H,20,22H2,1-4H3,(H,34,37)/t32-/m1/s1. The first-order valence-electron chi connectivity index (χ1n) is 13.0. The number of methoxy groups -OCH3 is 3. The average molecular weight is 539 g/mol. The van der Waals surface area contributed by atoms with Crippen LogP contribution in [-0.4, -0.2) is 38.0 Å². The Labute approximate surface area is 235 Å². The number of amides is 2. The summed E-state index contributed by atoms with van der Waals surface area (Å²) in [5, 5.41) is 2.99. The van der Waals surface area contributed by atoms with Gasteiger partial charge in [-0.25, -0.2) is 0 Å². The number of rotatable bonds is 11. The van der Waals surface area contributed by atoms with Crippen LogP contribution in [0, 0.1) is 6.92 Å². The van der Waals surface area contributed by atoms with E-state index in [0.717, 1.165) is 16.7 Å². The van der Waals surface area contributed by atoms with Gasteiger partial charge >= 0.3 is 0 Å². The highest BCUT2D eigenvalue weighted by molar-refractivity contribution is 5.99. The summed E-state index contributed by atoms with van der Waals surface area (Å²) in [7, 11) is 4.68. The van der Waals surface area contributed by atoms with Gasteiger partial charge in [0.2, 0.25) is 5.91 Å². The molecule has 4 aromatic carbocycles. The van der Waals surface area contributed by atoms with Crippen molar-refractivity contribution in [3.05, 3.63) is 119 Å². The van der Waals surface area contributed by atoms with Crippen LogP contribution in [0.1, 0.15) is 28.3 Å². The normalized spacial score (nSPS) is 11.3. The molecule has 0 unspecified atom stereocenters. The van der Waals surface area contributed by atoms with Gasteiger partial charge in [-0.05, 0) is 53.4 Å². The summed E-state index contributed by atoms with van der Waals surface area (Å²) in [6.45, 7) is 2.25. The molecule has 7 nitrogen and oxygen atoms in total. The molecule has 0 fully saturated rings. The third kappa shape index (κ3) is 6.80. The van der Waals surface area contributed by atoms with Crippen molar-refractivity contribution in [2.24, 2.45) is 0 Å². The molecular weight excluding hydrogens is 504 g/mol. The maximum Gasteiger partial charge on any atom is 0.251 e. The molecule has 0 saturated carbocycles. The lowest BCUT2D eigenvalue weighted by Crippen LogP contribution is -2.41. The summed E-state index contributed by atoms with van der Waals surface area (Å²) >= 11 is 0. The van der Waals surface area contributed by atoms with Crippen molar-refractivity contribution in [3.63, 3.8) is 0 Å². The Bertz CT molecular complexity index is 1440. The summed E-state index contributed by atoms with van der Waals surface area (Å²) in [5.41, 5.74) is 3.98. The zero-order chi connectivity index (χ0) is 28.5. The lowest BCUT2D eigenvalue weighted by atomic mass is 10.00. The van der Waals surface area contributed by atoms with Crippen LogP contribution in [0.2, 0.25) is 0 Å². The fourth-order valence-electron chi connectivity index (χ4n) is 4.53. The predicted molar refractivity (Wildman–Crippen MR) is 156 cm³/mol. The maximum atomic E-state index is 14.1. The maximum absolute atomic E-state index is 14.1. The number of carbonyl (C=O) groups excluding carboxylic acids is 2. The monoisotopic (exact) mass is 538 g/mol. The van der Waals surface area contributed by atoms with Gasteiger partial charge in [-0.1, -0.05) is 66.7 Å². The molecule has 4 aromatic rings. The highest BCUT2D eigenvalue weighted by atomic mass is 16.5. The molecule has 0 aliphatic carbocycles. The Balaban J connectivity index is 1.78. The molecule has 0 aliphatic heterocycles. The molecule has 2 amide bonds. The Kier molecular flexibility index (Phi) is 9.41. The minimum atomic E-state index is -0.937. The van der Waals surface area contributed by atoms with Gasteiger partial charge in [0.1, 0.15) is 23.3 Å². The number of ether oxygens (including phenoxy) is 3. The summed E-state index contributed by atoms with van der Waals surface area (Å²) in [6, 6.07) is 28.8. The van der Waals surface area contributed by atoms with Gasteiger partial charge in [0.15, 0.2) is 0 Å². The predicted octanol–water partition coefficient (Wildman–Crippen LogP) is 5.97. The molecule has 206 valence electrons. The van der Waals surface area contributed by atoms with Gasteiger partial charge in [0, 0.05) is 12.6 Å². The molecule has 1 N–H and O–H groups in total. The number of aryl methyl sites for hydroxylation is 1. The first kappa shape index (κ1) is 28.2. The van der Waals surface area contributed by atoms with Crippen LogP contribution in [0.4, 0.5) is 5.69 Å². The van der Waals surface area contributed by atoms with E-state index < -0.39 is 6.04 Å². The highest BCUT2D eigenvalue weighted by Gasteiger charge is 2.32. The molecule has 0 aliphatic rings. The van der Waals surface area contributed by atoms with Crippen molar-refractivity contribution in [1.29, 1.82) is 0 Å². The third-order valence-corrected chi connectivity index (χ3v) is 6.78. The zero-order valence-electron chi connectivity index (χ0n) is 23.2. The van der Waals surface area contributed by atoms with Gasteiger partial charge in [0.25, 0.3) is 5.91 Å². The number of nitrogens with one attached hydrogen (secondary N) is 1. The van der Waals surface area contributed by atoms with Gasteiger partial charge in [0.05, 0.1) is 33.4 Å². The molecule has 0 spiro atoms. The van der Waals surface area contributed by atoms with Crippen LogP contribution in [0.15, 0.2) is 97.1 Å². The van der Waals surface area contributed by atoms with Crippen molar-refractivity contribution in [2.75, 3.05) is 26.6 Å². The van der Waals surface area contributed by atoms with Crippen LogP contribution in [0.25, 0.3) is 0 Å². The smallest absolute Gasteiger partial charge is 0.251 e. The highest BCUT2D eigenvalue weighted by Crippen LogP contribution is 2.32. The van der Waals surface area contributed by atoms with E-state index in [0.29, 0.717) is 28.5 Å². The van der Waals surface area contributed by atoms with E-state index in [9.17, 15) is 9.59 Å². The molecule has 40 heavy (non-hydrogen) atoms. The van der Waals surface area contributed by atoms with E-state index in [-0.39, 0.29) is 24.8 Å². The Morgan fingerprint density at radius 2 is 1.43 bits per heavy atom. The summed E-state index contributed by atoms with van der Waals surface area (Å²) in [5.74, 6) is 1.15. The zero-order valence-corrected chi connectivity index (χ0v) is 23.2. The van der Waals surface area contributed by atoms with Crippen molar-refractivity contribution in [3.8, 4) is 17.2 Å². The molecule has 4 rings (SSSR count). The second-order valence-electron chi connectivity index (χ2n) is 9.34.